The summed E-state index contributed by atoms with van der Waals surface area (Å²) in [5.41, 5.74) is 0.457. The monoisotopic (exact) mass is 597 g/mol. The van der Waals surface area contributed by atoms with Gasteiger partial charge in [-0.3, -0.25) is 9.59 Å². The quantitative estimate of drug-likeness (QED) is 0.225. The Hall–Kier alpha value is -3.95. The van der Waals surface area contributed by atoms with Gasteiger partial charge in [-0.15, -0.1) is 0 Å². The molecule has 7 rings (SSSR count). The molecule has 3 aliphatic rings. The van der Waals surface area contributed by atoms with E-state index in [9.17, 15) is 9.59 Å². The number of halogens is 1. The summed E-state index contributed by atoms with van der Waals surface area (Å²) in [5, 5.41) is 12.1. The lowest BCUT2D eigenvalue weighted by Crippen LogP contribution is -2.62. The van der Waals surface area contributed by atoms with Crippen LogP contribution in [0, 0.1) is 5.82 Å². The minimum Gasteiger partial charge on any atom is -0.451 e. The van der Waals surface area contributed by atoms with Gasteiger partial charge in [0.05, 0.1) is 11.1 Å². The second-order valence-electron chi connectivity index (χ2n) is 13.9. The van der Waals surface area contributed by atoms with Gasteiger partial charge in [0, 0.05) is 36.4 Å². The van der Waals surface area contributed by atoms with Crippen LogP contribution in [-0.2, 0) is 0 Å². The summed E-state index contributed by atoms with van der Waals surface area (Å²) in [7, 11) is 0. The smallest absolute Gasteiger partial charge is 0.257 e. The van der Waals surface area contributed by atoms with E-state index in [0.29, 0.717) is 23.5 Å². The highest BCUT2D eigenvalue weighted by Gasteiger charge is 2.39. The first-order chi connectivity index (χ1) is 21.0. The summed E-state index contributed by atoms with van der Waals surface area (Å²) in [4.78, 5) is 30.1. The van der Waals surface area contributed by atoms with Crippen LogP contribution in [0.1, 0.15) is 63.7 Å². The lowest BCUT2D eigenvalue weighted by Gasteiger charge is -2.46. The number of carbonyl (C=O) groups excluding carboxylic acids is 1. The van der Waals surface area contributed by atoms with E-state index in [0.717, 1.165) is 43.2 Å². The number of benzene rings is 3. The van der Waals surface area contributed by atoms with Crippen molar-refractivity contribution in [3.05, 3.63) is 70.3 Å². The van der Waals surface area contributed by atoms with E-state index < -0.39 is 17.2 Å². The van der Waals surface area contributed by atoms with Gasteiger partial charge in [-0.1, -0.05) is 24.3 Å². The van der Waals surface area contributed by atoms with Crippen molar-refractivity contribution in [3.63, 3.8) is 0 Å². The van der Waals surface area contributed by atoms with E-state index in [1.165, 1.54) is 18.9 Å². The summed E-state index contributed by atoms with van der Waals surface area (Å²) in [6, 6.07) is 13.0. The minimum atomic E-state index is -0.582. The second kappa shape index (κ2) is 10.6. The first-order valence-corrected chi connectivity index (χ1v) is 15.7. The van der Waals surface area contributed by atoms with Gasteiger partial charge in [0.25, 0.3) is 5.91 Å². The first-order valence-electron chi connectivity index (χ1n) is 15.7. The van der Waals surface area contributed by atoms with Gasteiger partial charge < -0.3 is 30.2 Å². The van der Waals surface area contributed by atoms with Gasteiger partial charge in [-0.25, -0.2) is 4.39 Å². The van der Waals surface area contributed by atoms with Gasteiger partial charge in [0.1, 0.15) is 16.8 Å². The van der Waals surface area contributed by atoms with Crippen LogP contribution in [0.15, 0.2) is 53.5 Å². The summed E-state index contributed by atoms with van der Waals surface area (Å²) >= 11 is 0. The molecule has 0 atom stereocenters. The predicted molar refractivity (Wildman–Crippen MR) is 173 cm³/mol. The summed E-state index contributed by atoms with van der Waals surface area (Å²) in [6.45, 7) is 11.9. The Morgan fingerprint density at radius 3 is 2.43 bits per heavy atom. The number of rotatable bonds is 6. The molecule has 44 heavy (non-hydrogen) atoms. The summed E-state index contributed by atoms with van der Waals surface area (Å²) in [6.07, 6.45) is 5.40. The standard InChI is InChI=1S/C35H40FN5O3/c1-34(2)18-23(19-35(3,4)39-34)38-33(43)25-20-41-27-15-21-9-5-6-10-22(21)16-28(27)44-32-29(37-11-14-40-12-7-8-13-40)26(36)17-24(30(32)41)31(25)42/h5-6,9-10,15-17,20,23,37,39H,7-8,11-14,18-19H2,1-4H3,(H,38,43). The number of fused-ring (bicyclic) bond motifs is 3. The zero-order valence-electron chi connectivity index (χ0n) is 25.9. The highest BCUT2D eigenvalue weighted by Crippen LogP contribution is 2.46. The van der Waals surface area contributed by atoms with Crippen LogP contribution >= 0.6 is 0 Å². The zero-order chi connectivity index (χ0) is 30.8. The molecule has 0 saturated carbocycles. The van der Waals surface area contributed by atoms with E-state index in [-0.39, 0.29) is 39.5 Å². The summed E-state index contributed by atoms with van der Waals surface area (Å²) < 4.78 is 24.2. The number of likely N-dealkylation sites (tertiary alicyclic amines) is 1. The Morgan fingerprint density at radius 2 is 1.73 bits per heavy atom. The molecule has 0 bridgehead atoms. The number of hydrogen-bond acceptors (Lipinski definition) is 6. The normalized spacial score (nSPS) is 19.1. The lowest BCUT2D eigenvalue weighted by atomic mass is 9.79. The molecule has 2 fully saturated rings. The maximum absolute atomic E-state index is 15.9. The Balaban J connectivity index is 1.34. The molecular formula is C35H40FN5O3. The van der Waals surface area contributed by atoms with E-state index in [2.05, 4.69) is 48.5 Å². The largest absolute Gasteiger partial charge is 0.451 e. The first kappa shape index (κ1) is 28.8. The van der Waals surface area contributed by atoms with Crippen molar-refractivity contribution in [2.75, 3.05) is 31.5 Å². The summed E-state index contributed by atoms with van der Waals surface area (Å²) in [5.74, 6) is -0.248. The fourth-order valence-electron chi connectivity index (χ4n) is 7.66. The third-order valence-corrected chi connectivity index (χ3v) is 9.19. The van der Waals surface area contributed by atoms with Crippen LogP contribution in [0.2, 0.25) is 0 Å². The van der Waals surface area contributed by atoms with Crippen molar-refractivity contribution in [3.8, 4) is 17.2 Å². The molecule has 2 saturated heterocycles. The van der Waals surface area contributed by atoms with Crippen molar-refractivity contribution < 1.29 is 13.9 Å². The van der Waals surface area contributed by atoms with Crippen LogP contribution in [0.4, 0.5) is 10.1 Å². The Morgan fingerprint density at radius 1 is 1.05 bits per heavy atom. The van der Waals surface area contributed by atoms with Crippen LogP contribution in [0.25, 0.3) is 27.4 Å². The number of piperidine rings is 1. The number of hydrogen-bond donors (Lipinski definition) is 3. The van der Waals surface area contributed by atoms with Crippen LogP contribution < -0.4 is 26.1 Å². The van der Waals surface area contributed by atoms with Gasteiger partial charge in [-0.2, -0.15) is 0 Å². The number of nitrogens with one attached hydrogen (secondary N) is 3. The third kappa shape index (κ3) is 5.22. The van der Waals surface area contributed by atoms with Crippen molar-refractivity contribution in [1.82, 2.24) is 20.1 Å². The maximum Gasteiger partial charge on any atom is 0.257 e. The fourth-order valence-corrected chi connectivity index (χ4v) is 7.66. The number of nitrogens with zero attached hydrogens (tertiary/aromatic N) is 2. The van der Waals surface area contributed by atoms with Crippen LogP contribution in [-0.4, -0.2) is 58.7 Å². The number of ether oxygens (including phenoxy) is 1. The van der Waals surface area contributed by atoms with Crippen LogP contribution in [0.5, 0.6) is 11.5 Å². The molecule has 3 aromatic carbocycles. The highest BCUT2D eigenvalue weighted by molar-refractivity contribution is 6.02. The molecule has 8 nitrogen and oxygen atoms in total. The van der Waals surface area contributed by atoms with Crippen molar-refractivity contribution in [1.29, 1.82) is 0 Å². The van der Waals surface area contributed by atoms with Gasteiger partial charge in [0.2, 0.25) is 5.43 Å². The lowest BCUT2D eigenvalue weighted by molar-refractivity contribution is 0.0871. The third-order valence-electron chi connectivity index (χ3n) is 9.19. The van der Waals surface area contributed by atoms with Crippen molar-refractivity contribution in [2.45, 2.75) is 70.5 Å². The highest BCUT2D eigenvalue weighted by atomic mass is 19.1. The molecule has 9 heteroatoms. The van der Waals surface area contributed by atoms with Crippen molar-refractivity contribution in [2.24, 2.45) is 0 Å². The van der Waals surface area contributed by atoms with E-state index in [4.69, 9.17) is 4.74 Å². The van der Waals surface area contributed by atoms with E-state index >= 15 is 4.39 Å². The molecule has 4 aromatic rings. The number of amides is 1. The van der Waals surface area contributed by atoms with Gasteiger partial charge >= 0.3 is 0 Å². The number of aromatic nitrogens is 1. The Bertz CT molecular complexity index is 1840. The Kier molecular flexibility index (Phi) is 6.93. The van der Waals surface area contributed by atoms with Gasteiger partial charge in [-0.05, 0) is 95.4 Å². The molecule has 3 N–H and O–H groups in total. The zero-order valence-corrected chi connectivity index (χ0v) is 25.9. The average molecular weight is 598 g/mol. The predicted octanol–water partition coefficient (Wildman–Crippen LogP) is 5.94. The van der Waals surface area contributed by atoms with Crippen molar-refractivity contribution >= 4 is 33.3 Å². The molecular weight excluding hydrogens is 557 g/mol. The molecule has 1 aromatic heterocycles. The van der Waals surface area contributed by atoms with E-state index in [1.54, 1.807) is 6.20 Å². The topological polar surface area (TPSA) is 87.6 Å². The molecule has 0 radical (unpaired) electrons. The minimum absolute atomic E-state index is 0.0206. The molecule has 230 valence electrons. The average Bonchev–Trinajstić information content (AvgIpc) is 3.46. The molecule has 0 aliphatic carbocycles. The fraction of sp³-hybridized carbons (Fsp3) is 0.429. The number of pyridine rings is 1. The molecule has 4 heterocycles. The molecule has 3 aliphatic heterocycles. The van der Waals surface area contributed by atoms with Crippen LogP contribution in [0.3, 0.4) is 0 Å². The van der Waals surface area contributed by atoms with E-state index in [1.807, 2.05) is 41.0 Å². The number of carbonyl (C=O) groups is 1. The van der Waals surface area contributed by atoms with Gasteiger partial charge in [0.15, 0.2) is 17.3 Å². The molecule has 0 spiro atoms. The number of anilines is 1. The second-order valence-corrected chi connectivity index (χ2v) is 13.9. The molecule has 0 unspecified atom stereocenters. The molecule has 1 amide bonds. The Labute approximate surface area is 256 Å². The maximum atomic E-state index is 15.9. The SMILES string of the molecule is CC1(C)CC(NC(=O)c2cn3c4c(c(NCCN5CCCC5)c(F)cc4c2=O)Oc2cc4ccccc4cc2-3)CC(C)(C)N1.